The Bertz CT molecular complexity index is 231. The van der Waals surface area contributed by atoms with Crippen molar-refractivity contribution in [2.45, 2.75) is 18.9 Å². The first-order valence-corrected chi connectivity index (χ1v) is 3.47. The lowest BCUT2D eigenvalue weighted by atomic mass is 10.2. The predicted molar refractivity (Wildman–Crippen MR) is 41.2 cm³/mol. The molecule has 0 spiro atoms. The highest BCUT2D eigenvalue weighted by atomic mass is 16.4. The van der Waals surface area contributed by atoms with Crippen LogP contribution < -0.4 is 0 Å². The van der Waals surface area contributed by atoms with E-state index in [9.17, 15) is 9.59 Å². The maximum Gasteiger partial charge on any atom is 0.370 e. The van der Waals surface area contributed by atoms with Gasteiger partial charge in [-0.05, 0) is 12.5 Å². The first kappa shape index (κ1) is 11.4. The summed E-state index contributed by atoms with van der Waals surface area (Å²) in [6.45, 7) is 0. The lowest BCUT2D eigenvalue weighted by Gasteiger charge is -2.02. The molecular weight excluding hydrogens is 180 g/mol. The Hall–Kier alpha value is -1.56. The third kappa shape index (κ3) is 5.68. The molecule has 4 N–H and O–H groups in total. The number of rotatable bonds is 5. The molecular formula is C7H10O6. The van der Waals surface area contributed by atoms with Gasteiger partial charge in [0, 0.05) is 6.42 Å². The van der Waals surface area contributed by atoms with Crippen LogP contribution in [-0.4, -0.2) is 38.5 Å². The molecule has 1 unspecified atom stereocenters. The van der Waals surface area contributed by atoms with Crippen LogP contribution in [0.2, 0.25) is 0 Å². The largest absolute Gasteiger partial charge is 0.502 e. The van der Waals surface area contributed by atoms with Crippen LogP contribution in [0, 0.1) is 0 Å². The third-order valence-electron chi connectivity index (χ3n) is 1.22. The average molecular weight is 190 g/mol. The Kier molecular flexibility index (Phi) is 4.53. The summed E-state index contributed by atoms with van der Waals surface area (Å²) in [7, 11) is 0. The van der Waals surface area contributed by atoms with Crippen LogP contribution in [0.25, 0.3) is 0 Å². The minimum absolute atomic E-state index is 0.132. The van der Waals surface area contributed by atoms with Gasteiger partial charge in [0.05, 0.1) is 6.10 Å². The van der Waals surface area contributed by atoms with Crippen molar-refractivity contribution in [3.8, 4) is 0 Å². The van der Waals surface area contributed by atoms with Crippen molar-refractivity contribution in [3.05, 3.63) is 11.8 Å². The Balaban J connectivity index is 3.99. The molecule has 0 radical (unpaired) electrons. The molecule has 0 amide bonds. The molecule has 6 nitrogen and oxygen atoms in total. The zero-order chi connectivity index (χ0) is 10.4. The van der Waals surface area contributed by atoms with Gasteiger partial charge in [-0.1, -0.05) is 0 Å². The molecule has 0 fully saturated rings. The molecule has 6 heteroatoms. The molecule has 0 saturated heterocycles. The average Bonchev–Trinajstić information content (AvgIpc) is 2.00. The van der Waals surface area contributed by atoms with Gasteiger partial charge >= 0.3 is 11.9 Å². The van der Waals surface area contributed by atoms with E-state index in [4.69, 9.17) is 20.4 Å². The van der Waals surface area contributed by atoms with Crippen LogP contribution in [0.1, 0.15) is 12.8 Å². The van der Waals surface area contributed by atoms with Gasteiger partial charge in [0.2, 0.25) is 0 Å². The molecule has 1 atom stereocenters. The molecule has 0 aliphatic heterocycles. The predicted octanol–water partition coefficient (Wildman–Crippen LogP) is -0.261. The molecule has 0 saturated carbocycles. The van der Waals surface area contributed by atoms with Gasteiger partial charge in [-0.3, -0.25) is 4.79 Å². The molecule has 74 valence electrons. The zero-order valence-electron chi connectivity index (χ0n) is 6.67. The number of aliphatic carboxylic acids is 2. The maximum atomic E-state index is 10.0. The van der Waals surface area contributed by atoms with Crippen LogP contribution in [0.4, 0.5) is 0 Å². The fourth-order valence-electron chi connectivity index (χ4n) is 0.608. The fraction of sp³-hybridized carbons (Fsp3) is 0.429. The Morgan fingerprint density at radius 3 is 2.15 bits per heavy atom. The van der Waals surface area contributed by atoms with Gasteiger partial charge in [0.1, 0.15) is 0 Å². The Labute approximate surface area is 73.7 Å². The second-order valence-electron chi connectivity index (χ2n) is 2.36. The van der Waals surface area contributed by atoms with Crippen molar-refractivity contribution in [3.63, 3.8) is 0 Å². The number of aliphatic hydroxyl groups is 2. The van der Waals surface area contributed by atoms with Gasteiger partial charge in [-0.2, -0.15) is 0 Å². The molecule has 0 rings (SSSR count). The topological polar surface area (TPSA) is 115 Å². The number of carbonyl (C=O) groups is 2. The van der Waals surface area contributed by atoms with E-state index in [2.05, 4.69) is 0 Å². The smallest absolute Gasteiger partial charge is 0.370 e. The van der Waals surface area contributed by atoms with Crippen molar-refractivity contribution in [2.75, 3.05) is 0 Å². The molecule has 0 heterocycles. The molecule has 0 bridgehead atoms. The minimum Gasteiger partial charge on any atom is -0.502 e. The van der Waals surface area contributed by atoms with E-state index in [1.807, 2.05) is 0 Å². The van der Waals surface area contributed by atoms with Crippen molar-refractivity contribution in [2.24, 2.45) is 0 Å². The molecule has 0 aliphatic rings. The van der Waals surface area contributed by atoms with Gasteiger partial charge in [-0.15, -0.1) is 0 Å². The summed E-state index contributed by atoms with van der Waals surface area (Å²) in [5.41, 5.74) is 0. The van der Waals surface area contributed by atoms with E-state index in [1.165, 1.54) is 0 Å². The molecule has 0 aromatic carbocycles. The zero-order valence-corrected chi connectivity index (χ0v) is 6.67. The molecule has 0 aliphatic carbocycles. The van der Waals surface area contributed by atoms with Gasteiger partial charge < -0.3 is 20.4 Å². The summed E-state index contributed by atoms with van der Waals surface area (Å²) in [4.78, 5) is 20.0. The highest BCUT2D eigenvalue weighted by molar-refractivity contribution is 5.83. The van der Waals surface area contributed by atoms with E-state index in [-0.39, 0.29) is 12.8 Å². The second-order valence-corrected chi connectivity index (χ2v) is 2.36. The summed E-state index contributed by atoms with van der Waals surface area (Å²) in [6, 6.07) is 0. The Morgan fingerprint density at radius 2 is 1.77 bits per heavy atom. The number of carboxylic acids is 2. The van der Waals surface area contributed by atoms with Crippen molar-refractivity contribution in [1.29, 1.82) is 0 Å². The summed E-state index contributed by atoms with van der Waals surface area (Å²) in [5, 5.41) is 33.9. The Morgan fingerprint density at radius 1 is 1.23 bits per heavy atom. The van der Waals surface area contributed by atoms with Gasteiger partial charge in [0.25, 0.3) is 0 Å². The summed E-state index contributed by atoms with van der Waals surface area (Å²) in [6.07, 6.45) is -0.991. The fourth-order valence-corrected chi connectivity index (χ4v) is 0.608. The van der Waals surface area contributed by atoms with Crippen LogP contribution in [-0.2, 0) is 9.59 Å². The standard InChI is InChI=1S/C7H10O6/c8-4(1-2-6(10)11)3-5(9)7(12)13/h3-4,8-9H,1-2H2,(H,10,11)(H,12,13). The SMILES string of the molecule is O=C(O)CCC(O)C=C(O)C(=O)O. The lowest BCUT2D eigenvalue weighted by Crippen LogP contribution is -2.10. The monoisotopic (exact) mass is 190 g/mol. The number of hydrogen-bond donors (Lipinski definition) is 4. The molecule has 0 aromatic rings. The van der Waals surface area contributed by atoms with Crippen molar-refractivity contribution >= 4 is 11.9 Å². The molecule has 13 heavy (non-hydrogen) atoms. The number of carboxylic acid groups (broad SMARTS) is 2. The van der Waals surface area contributed by atoms with Crippen LogP contribution in [0.5, 0.6) is 0 Å². The van der Waals surface area contributed by atoms with Gasteiger partial charge in [0.15, 0.2) is 5.76 Å². The summed E-state index contributed by atoms with van der Waals surface area (Å²) in [5.74, 6) is -3.64. The maximum absolute atomic E-state index is 10.0. The highest BCUT2D eigenvalue weighted by Gasteiger charge is 2.09. The third-order valence-corrected chi connectivity index (χ3v) is 1.22. The first-order valence-electron chi connectivity index (χ1n) is 3.47. The highest BCUT2D eigenvalue weighted by Crippen LogP contribution is 2.01. The summed E-state index contributed by atoms with van der Waals surface area (Å²) < 4.78 is 0. The normalized spacial score (nSPS) is 13.8. The van der Waals surface area contributed by atoms with Crippen LogP contribution in [0.3, 0.4) is 0 Å². The second kappa shape index (κ2) is 5.15. The number of aliphatic hydroxyl groups excluding tert-OH is 2. The van der Waals surface area contributed by atoms with E-state index >= 15 is 0 Å². The minimum atomic E-state index is -1.56. The molecule has 0 aromatic heterocycles. The van der Waals surface area contributed by atoms with Gasteiger partial charge in [-0.25, -0.2) is 4.79 Å². The van der Waals surface area contributed by atoms with E-state index in [0.717, 1.165) is 0 Å². The van der Waals surface area contributed by atoms with Crippen LogP contribution in [0.15, 0.2) is 11.8 Å². The van der Waals surface area contributed by atoms with Crippen LogP contribution >= 0.6 is 0 Å². The van der Waals surface area contributed by atoms with Crippen molar-refractivity contribution in [1.82, 2.24) is 0 Å². The van der Waals surface area contributed by atoms with E-state index in [1.54, 1.807) is 0 Å². The van der Waals surface area contributed by atoms with E-state index in [0.29, 0.717) is 6.08 Å². The quantitative estimate of drug-likeness (QED) is 0.350. The number of hydrogen-bond acceptors (Lipinski definition) is 4. The van der Waals surface area contributed by atoms with Crippen molar-refractivity contribution < 1.29 is 30.0 Å². The van der Waals surface area contributed by atoms with E-state index < -0.39 is 23.8 Å². The lowest BCUT2D eigenvalue weighted by molar-refractivity contribution is -0.137. The first-order chi connectivity index (χ1) is 5.93. The summed E-state index contributed by atoms with van der Waals surface area (Å²) >= 11 is 0.